The second-order valence-electron chi connectivity index (χ2n) is 26.4. The summed E-state index contributed by atoms with van der Waals surface area (Å²) in [5.41, 5.74) is -3.17. The van der Waals surface area contributed by atoms with Gasteiger partial charge in [-0.3, -0.25) is 4.79 Å². The number of ether oxygens (including phenoxy) is 12. The second kappa shape index (κ2) is 27.2. The smallest absolute Gasteiger partial charge is 0.314 e. The molecule has 0 aromatic rings. The third-order valence-electron chi connectivity index (χ3n) is 21.3. The molecule has 10 aliphatic rings. The molecule has 4 saturated carbocycles. The van der Waals surface area contributed by atoms with Gasteiger partial charge in [0.15, 0.2) is 37.6 Å². The van der Waals surface area contributed by atoms with Gasteiger partial charge in [-0.25, -0.2) is 0 Å². The minimum absolute atomic E-state index is 0.142. The van der Waals surface area contributed by atoms with Gasteiger partial charge in [-0.05, 0) is 86.5 Å². The van der Waals surface area contributed by atoms with Crippen LogP contribution in [0.4, 0.5) is 0 Å². The molecule has 0 radical (unpaired) electrons. The van der Waals surface area contributed by atoms with Crippen LogP contribution in [0, 0.1) is 28.1 Å². The molecule has 1 spiro atoms. The van der Waals surface area contributed by atoms with E-state index >= 15 is 4.79 Å². The van der Waals surface area contributed by atoms with E-state index in [1.54, 1.807) is 6.92 Å². The van der Waals surface area contributed by atoms with Gasteiger partial charge in [0, 0.05) is 0 Å². The molecule has 512 valence electrons. The standard InChI is InChI=1S/C56H90O33/c1-19-11-55-9-5-26-53(2,7-4-8-54(26,3)52(77)88-50-45(87-49-40(75)36(71)31(66)23(15-60)81-49)43(32(67)24(16-61)82-50)85-47-38(73)34(69)29(64)21(13-58)79-47)27(55)6-10-56(19,18-55)89-51-44(86-48-39(74)35(70)30(65)22(14-59)80-48)41(76)42(25(17-62)83-51)84-46-37(72)33(68)28(63)20(12-57)78-46/h20-51,57-76H,1,4-18H2,2-3H3/t20-,21-,22-,23-,24-,25-,26+,27+,28-,29-,30-,31-,32-,33+,34+,35+,36+,37-,38-,39-,40-,41+,42-,43+,44-,45-,46+,47+,48+,49+,50+,51+,53-,54-,55-,56+/m1/s1. The third kappa shape index (κ3) is 12.3. The number of esters is 1. The van der Waals surface area contributed by atoms with E-state index in [2.05, 4.69) is 13.5 Å². The minimum atomic E-state index is -2.08. The first-order chi connectivity index (χ1) is 42.1. The molecule has 33 heteroatoms. The van der Waals surface area contributed by atoms with E-state index in [-0.39, 0.29) is 18.8 Å². The Morgan fingerprint density at radius 2 is 0.820 bits per heavy atom. The molecular weight excluding hydrogens is 1200 g/mol. The van der Waals surface area contributed by atoms with Gasteiger partial charge in [0.05, 0.1) is 50.7 Å². The van der Waals surface area contributed by atoms with Gasteiger partial charge in [-0.1, -0.05) is 19.9 Å². The summed E-state index contributed by atoms with van der Waals surface area (Å²) in [5, 5.41) is 215. The van der Waals surface area contributed by atoms with Gasteiger partial charge < -0.3 is 159 Å². The second-order valence-corrected chi connectivity index (χ2v) is 26.4. The number of aliphatic hydroxyl groups is 20. The van der Waals surface area contributed by atoms with Gasteiger partial charge >= 0.3 is 5.97 Å². The predicted octanol–water partition coefficient (Wildman–Crippen LogP) is -9.47. The maximum absolute atomic E-state index is 15.4. The Bertz CT molecular complexity index is 2390. The first-order valence-corrected chi connectivity index (χ1v) is 30.4. The van der Waals surface area contributed by atoms with Crippen LogP contribution in [0.2, 0.25) is 0 Å². The lowest BCUT2D eigenvalue weighted by atomic mass is 9.41. The summed E-state index contributed by atoms with van der Waals surface area (Å²) in [5.74, 6) is -1.41. The topological polar surface area (TPSA) is 532 Å². The Morgan fingerprint density at radius 3 is 1.28 bits per heavy atom. The fraction of sp³-hybridized carbons (Fsp3) is 0.946. The average Bonchev–Trinajstić information content (AvgIpc) is 1.68. The molecule has 2 bridgehead atoms. The van der Waals surface area contributed by atoms with Crippen molar-refractivity contribution in [1.29, 1.82) is 0 Å². The highest BCUT2D eigenvalue weighted by Gasteiger charge is 2.70. The third-order valence-corrected chi connectivity index (χ3v) is 21.3. The zero-order chi connectivity index (χ0) is 64.7. The number of rotatable bonds is 18. The van der Waals surface area contributed by atoms with Crippen LogP contribution >= 0.6 is 0 Å². The van der Waals surface area contributed by atoms with Gasteiger partial charge in [0.2, 0.25) is 6.29 Å². The van der Waals surface area contributed by atoms with Crippen molar-refractivity contribution in [2.75, 3.05) is 39.6 Å². The van der Waals surface area contributed by atoms with E-state index in [1.807, 2.05) is 0 Å². The van der Waals surface area contributed by atoms with Crippen LogP contribution in [0.5, 0.6) is 0 Å². The average molecular weight is 1290 g/mol. The molecule has 0 amide bonds. The van der Waals surface area contributed by atoms with Crippen molar-refractivity contribution in [3.63, 3.8) is 0 Å². The lowest BCUT2D eigenvalue weighted by Gasteiger charge is -2.64. The number of aliphatic hydroxyl groups excluding tert-OH is 20. The molecule has 6 saturated heterocycles. The fourth-order valence-electron chi connectivity index (χ4n) is 16.4. The van der Waals surface area contributed by atoms with Crippen LogP contribution in [-0.4, -0.2) is 338 Å². The number of carbonyl (C=O) groups is 1. The van der Waals surface area contributed by atoms with Crippen molar-refractivity contribution in [2.24, 2.45) is 28.1 Å². The molecular formula is C56H90O33. The predicted molar refractivity (Wildman–Crippen MR) is 284 cm³/mol. The molecule has 89 heavy (non-hydrogen) atoms. The highest BCUT2D eigenvalue weighted by molar-refractivity contribution is 5.77. The Morgan fingerprint density at radius 1 is 0.427 bits per heavy atom. The van der Waals surface area contributed by atoms with Crippen molar-refractivity contribution < 1.29 is 164 Å². The Balaban J connectivity index is 0.907. The number of hydrogen-bond donors (Lipinski definition) is 20. The maximum atomic E-state index is 15.4. The van der Waals surface area contributed by atoms with Crippen LogP contribution in [-0.2, 0) is 61.6 Å². The molecule has 36 atom stereocenters. The molecule has 0 aromatic heterocycles. The zero-order valence-electron chi connectivity index (χ0n) is 49.0. The monoisotopic (exact) mass is 1290 g/mol. The van der Waals surface area contributed by atoms with Crippen molar-refractivity contribution in [2.45, 2.75) is 261 Å². The van der Waals surface area contributed by atoms with Gasteiger partial charge in [0.1, 0.15) is 140 Å². The molecule has 20 N–H and O–H groups in total. The van der Waals surface area contributed by atoms with E-state index in [9.17, 15) is 102 Å². The summed E-state index contributed by atoms with van der Waals surface area (Å²) in [7, 11) is 0. The Hall–Kier alpha value is -2.03. The molecule has 0 aromatic carbocycles. The van der Waals surface area contributed by atoms with Crippen molar-refractivity contribution in [1.82, 2.24) is 0 Å². The summed E-state index contributed by atoms with van der Waals surface area (Å²) in [6, 6.07) is 0. The number of fused-ring (bicyclic) bond motifs is 3. The van der Waals surface area contributed by atoms with Crippen molar-refractivity contribution in [3.8, 4) is 0 Å². The summed E-state index contributed by atoms with van der Waals surface area (Å²) < 4.78 is 72.5. The molecule has 4 aliphatic carbocycles. The summed E-state index contributed by atoms with van der Waals surface area (Å²) in [6.45, 7) is 3.06. The zero-order valence-corrected chi connectivity index (χ0v) is 49.0. The van der Waals surface area contributed by atoms with Crippen LogP contribution in [0.25, 0.3) is 0 Å². The molecule has 33 nitrogen and oxygen atoms in total. The van der Waals surface area contributed by atoms with Gasteiger partial charge in [-0.15, -0.1) is 0 Å². The molecule has 6 heterocycles. The van der Waals surface area contributed by atoms with Crippen molar-refractivity contribution >= 4 is 5.97 Å². The van der Waals surface area contributed by atoms with Crippen molar-refractivity contribution in [3.05, 3.63) is 12.2 Å². The number of carbonyl (C=O) groups excluding carboxylic acids is 1. The Kier molecular flexibility index (Phi) is 21.4. The molecule has 0 unspecified atom stereocenters. The first kappa shape index (κ1) is 69.8. The highest BCUT2D eigenvalue weighted by Crippen LogP contribution is 2.74. The quantitative estimate of drug-likeness (QED) is 0.0344. The molecule has 10 rings (SSSR count). The normalized spacial score (nSPS) is 54.5. The SMILES string of the molecule is C=C1C[C@@]23CC[C@H]4[C@@](C)(CCC[C@@]4(C)C(=O)O[C@@H]4O[C@H](CO)[C@@H](O)[C@H](O[C@@H]5O[C@H](CO)[C@@H](O)[C@H](O)[C@H]5O)[C@H]4O[C@@H]4O[C@H](CO)[C@@H](O)[C@H](O)[C@H]4O)[C@@H]2CC[C@]1(O[C@@H]1O[C@H](CO)[C@@H](O[C@@H]2O[C@H](CO)[C@@H](O)[C@H](O)[C@H]2O)[C@H](O)[C@H]1O[C@@H]1O[C@H](CO)[C@@H](O)[C@H](O)[C@H]1O)C3. The first-order valence-electron chi connectivity index (χ1n) is 30.4. The summed E-state index contributed by atoms with van der Waals surface area (Å²) >= 11 is 0. The largest absolute Gasteiger partial charge is 0.432 e. The molecule has 10 fully saturated rings. The fourth-order valence-corrected chi connectivity index (χ4v) is 16.4. The van der Waals surface area contributed by atoms with E-state index in [0.29, 0.717) is 50.5 Å². The minimum Gasteiger partial charge on any atom is -0.432 e. The summed E-state index contributed by atoms with van der Waals surface area (Å²) in [4.78, 5) is 15.4. The van der Waals surface area contributed by atoms with E-state index < -0.39 is 258 Å². The lowest BCUT2D eigenvalue weighted by molar-refractivity contribution is -0.395. The molecule has 6 aliphatic heterocycles. The van der Waals surface area contributed by atoms with E-state index in [1.165, 1.54) is 0 Å². The van der Waals surface area contributed by atoms with Crippen LogP contribution in [0.3, 0.4) is 0 Å². The summed E-state index contributed by atoms with van der Waals surface area (Å²) in [6.07, 6.45) is -51.5. The van der Waals surface area contributed by atoms with Crippen LogP contribution < -0.4 is 0 Å². The van der Waals surface area contributed by atoms with E-state index in [4.69, 9.17) is 56.8 Å². The van der Waals surface area contributed by atoms with E-state index in [0.717, 1.165) is 0 Å². The van der Waals surface area contributed by atoms with Crippen LogP contribution in [0.15, 0.2) is 12.2 Å². The lowest BCUT2D eigenvalue weighted by Crippen LogP contribution is -2.68. The van der Waals surface area contributed by atoms with Gasteiger partial charge in [0.25, 0.3) is 0 Å². The number of hydrogen-bond acceptors (Lipinski definition) is 33. The maximum Gasteiger partial charge on any atom is 0.314 e. The van der Waals surface area contributed by atoms with Crippen LogP contribution in [0.1, 0.15) is 71.6 Å². The highest BCUT2D eigenvalue weighted by atomic mass is 16.8. The van der Waals surface area contributed by atoms with Gasteiger partial charge in [-0.2, -0.15) is 0 Å². The Labute approximate surface area is 509 Å².